The summed E-state index contributed by atoms with van der Waals surface area (Å²) in [4.78, 5) is 13.6. The number of carbonyl (C=O) groups is 1. The summed E-state index contributed by atoms with van der Waals surface area (Å²) in [5.74, 6) is -0.781. The van der Waals surface area contributed by atoms with Crippen LogP contribution in [0.1, 0.15) is 38.7 Å². The van der Waals surface area contributed by atoms with Crippen molar-refractivity contribution in [3.8, 4) is 0 Å². The smallest absolute Gasteiger partial charge is 0.323 e. The molecule has 2 N–H and O–H groups in total. The number of nitrogens with one attached hydrogen (secondary N) is 1. The number of hydrogen-bond acceptors (Lipinski definition) is 3. The minimum atomic E-state index is -0.819. The lowest BCUT2D eigenvalue weighted by Crippen LogP contribution is -2.47. The zero-order valence-corrected chi connectivity index (χ0v) is 13.6. The van der Waals surface area contributed by atoms with Gasteiger partial charge < -0.3 is 15.3 Å². The highest BCUT2D eigenvalue weighted by atomic mass is 16.4. The number of unbranched alkanes of at least 4 members (excludes halogenated alkanes) is 1. The van der Waals surface area contributed by atoms with E-state index in [1.807, 2.05) is 0 Å². The topological polar surface area (TPSA) is 52.6 Å². The Kier molecular flexibility index (Phi) is 6.69. The third-order valence-electron chi connectivity index (χ3n) is 4.13. The number of nitrogens with zero attached hydrogens (tertiary/aromatic N) is 1. The Balaban J connectivity index is 2.48. The van der Waals surface area contributed by atoms with Gasteiger partial charge in [-0.3, -0.25) is 4.79 Å². The van der Waals surface area contributed by atoms with E-state index < -0.39 is 11.5 Å². The summed E-state index contributed by atoms with van der Waals surface area (Å²) in [6.07, 6.45) is 2.53. The van der Waals surface area contributed by atoms with E-state index in [9.17, 15) is 9.90 Å². The minimum absolute atomic E-state index is 0.643. The molecule has 0 spiro atoms. The first-order valence-corrected chi connectivity index (χ1v) is 7.67. The van der Waals surface area contributed by atoms with Crippen molar-refractivity contribution in [2.75, 3.05) is 25.0 Å². The first-order valence-electron chi connectivity index (χ1n) is 7.67. The highest BCUT2D eigenvalue weighted by Gasteiger charge is 2.30. The fourth-order valence-electron chi connectivity index (χ4n) is 2.41. The van der Waals surface area contributed by atoms with Crippen LogP contribution in [0.4, 0.5) is 5.69 Å². The lowest BCUT2D eigenvalue weighted by atomic mass is 9.95. The monoisotopic (exact) mass is 292 g/mol. The maximum absolute atomic E-state index is 11.2. The van der Waals surface area contributed by atoms with E-state index in [0.717, 1.165) is 25.9 Å². The van der Waals surface area contributed by atoms with Crippen LogP contribution in [0.2, 0.25) is 0 Å². The van der Waals surface area contributed by atoms with Gasteiger partial charge in [-0.2, -0.15) is 0 Å². The molecule has 0 heterocycles. The number of rotatable bonds is 9. The number of likely N-dealkylation sites (N-methyl/N-ethyl adjacent to an activating group) is 1. The van der Waals surface area contributed by atoms with Gasteiger partial charge in [0.15, 0.2) is 0 Å². The van der Waals surface area contributed by atoms with Crippen LogP contribution in [0.15, 0.2) is 24.3 Å². The van der Waals surface area contributed by atoms with Gasteiger partial charge in [-0.05, 0) is 64.8 Å². The Labute approximate surface area is 128 Å². The predicted octanol–water partition coefficient (Wildman–Crippen LogP) is 3.05. The van der Waals surface area contributed by atoms with Crippen LogP contribution in [0.3, 0.4) is 0 Å². The van der Waals surface area contributed by atoms with E-state index in [1.165, 1.54) is 11.3 Å². The van der Waals surface area contributed by atoms with Crippen LogP contribution < -0.4 is 10.2 Å². The van der Waals surface area contributed by atoms with Crippen LogP contribution in [0.5, 0.6) is 0 Å². The summed E-state index contributed by atoms with van der Waals surface area (Å²) in [6.45, 7) is 7.92. The molecule has 0 fully saturated rings. The summed E-state index contributed by atoms with van der Waals surface area (Å²) in [5.41, 5.74) is 1.69. The number of carboxylic acids is 1. The SMILES string of the molecule is CCN(CCCCC(C)(NC)C(=O)O)c1cccc(C)c1. The van der Waals surface area contributed by atoms with E-state index in [0.29, 0.717) is 6.42 Å². The van der Waals surface area contributed by atoms with Crippen molar-refractivity contribution < 1.29 is 9.90 Å². The number of anilines is 1. The third kappa shape index (κ3) is 5.05. The lowest BCUT2D eigenvalue weighted by molar-refractivity contribution is -0.144. The Morgan fingerprint density at radius 2 is 2.10 bits per heavy atom. The zero-order valence-electron chi connectivity index (χ0n) is 13.6. The molecular formula is C17H28N2O2. The minimum Gasteiger partial charge on any atom is -0.480 e. The van der Waals surface area contributed by atoms with Gasteiger partial charge in [0.05, 0.1) is 0 Å². The molecule has 0 aliphatic rings. The zero-order chi connectivity index (χ0) is 15.9. The molecule has 0 aromatic heterocycles. The molecular weight excluding hydrogens is 264 g/mol. The molecule has 0 aliphatic carbocycles. The summed E-state index contributed by atoms with van der Waals surface area (Å²) in [7, 11) is 1.71. The van der Waals surface area contributed by atoms with Gasteiger partial charge in [0.1, 0.15) is 5.54 Å². The molecule has 4 heteroatoms. The normalized spacial score (nSPS) is 13.7. The number of hydrogen-bond donors (Lipinski definition) is 2. The molecule has 1 aromatic rings. The van der Waals surface area contributed by atoms with Gasteiger partial charge in [0, 0.05) is 18.8 Å². The van der Waals surface area contributed by atoms with Crippen LogP contribution >= 0.6 is 0 Å². The summed E-state index contributed by atoms with van der Waals surface area (Å²) in [5, 5.41) is 12.1. The molecule has 0 saturated carbocycles. The summed E-state index contributed by atoms with van der Waals surface area (Å²) in [6, 6.07) is 8.50. The van der Waals surface area contributed by atoms with Crippen LogP contribution in [-0.4, -0.2) is 36.8 Å². The van der Waals surface area contributed by atoms with Gasteiger partial charge >= 0.3 is 5.97 Å². The van der Waals surface area contributed by atoms with Crippen molar-refractivity contribution in [3.05, 3.63) is 29.8 Å². The Morgan fingerprint density at radius 1 is 1.38 bits per heavy atom. The molecule has 0 bridgehead atoms. The highest BCUT2D eigenvalue weighted by molar-refractivity contribution is 5.78. The number of aryl methyl sites for hydroxylation is 1. The number of benzene rings is 1. The molecule has 21 heavy (non-hydrogen) atoms. The maximum atomic E-state index is 11.2. The van der Waals surface area contributed by atoms with Crippen molar-refractivity contribution in [2.45, 2.75) is 45.6 Å². The maximum Gasteiger partial charge on any atom is 0.323 e. The standard InChI is InChI=1S/C17H28N2O2/c1-5-19(15-10-8-9-14(2)13-15)12-7-6-11-17(3,18-4)16(20)21/h8-10,13,18H,5-7,11-12H2,1-4H3,(H,20,21). The average molecular weight is 292 g/mol. The number of carboxylic acid groups (broad SMARTS) is 1. The molecule has 0 amide bonds. The molecule has 0 radical (unpaired) electrons. The van der Waals surface area contributed by atoms with Crippen molar-refractivity contribution >= 4 is 11.7 Å². The molecule has 4 nitrogen and oxygen atoms in total. The second-order valence-electron chi connectivity index (χ2n) is 5.76. The third-order valence-corrected chi connectivity index (χ3v) is 4.13. The molecule has 0 aliphatic heterocycles. The highest BCUT2D eigenvalue weighted by Crippen LogP contribution is 2.18. The quantitative estimate of drug-likeness (QED) is 0.687. The van der Waals surface area contributed by atoms with Crippen LogP contribution in [-0.2, 0) is 4.79 Å². The van der Waals surface area contributed by atoms with Crippen LogP contribution in [0, 0.1) is 6.92 Å². The Hall–Kier alpha value is -1.55. The Morgan fingerprint density at radius 3 is 2.62 bits per heavy atom. The first-order chi connectivity index (χ1) is 9.92. The second kappa shape index (κ2) is 8.03. The van der Waals surface area contributed by atoms with Crippen molar-refractivity contribution in [3.63, 3.8) is 0 Å². The van der Waals surface area contributed by atoms with Gasteiger partial charge in [-0.15, -0.1) is 0 Å². The molecule has 1 unspecified atom stereocenters. The average Bonchev–Trinajstić information content (AvgIpc) is 2.46. The van der Waals surface area contributed by atoms with E-state index in [4.69, 9.17) is 0 Å². The fraction of sp³-hybridized carbons (Fsp3) is 0.588. The molecule has 1 aromatic carbocycles. The van der Waals surface area contributed by atoms with Crippen molar-refractivity contribution in [2.24, 2.45) is 0 Å². The summed E-state index contributed by atoms with van der Waals surface area (Å²) < 4.78 is 0. The molecule has 118 valence electrons. The Bertz CT molecular complexity index is 462. The lowest BCUT2D eigenvalue weighted by Gasteiger charge is -2.26. The second-order valence-corrected chi connectivity index (χ2v) is 5.76. The molecule has 1 rings (SSSR count). The van der Waals surface area contributed by atoms with E-state index in [2.05, 4.69) is 48.3 Å². The number of aliphatic carboxylic acids is 1. The van der Waals surface area contributed by atoms with Gasteiger partial charge in [-0.25, -0.2) is 0 Å². The van der Waals surface area contributed by atoms with Gasteiger partial charge in [0.2, 0.25) is 0 Å². The fourth-order valence-corrected chi connectivity index (χ4v) is 2.41. The molecule has 1 atom stereocenters. The van der Waals surface area contributed by atoms with Crippen LogP contribution in [0.25, 0.3) is 0 Å². The van der Waals surface area contributed by atoms with E-state index in [-0.39, 0.29) is 0 Å². The van der Waals surface area contributed by atoms with E-state index in [1.54, 1.807) is 14.0 Å². The molecule has 0 saturated heterocycles. The predicted molar refractivity (Wildman–Crippen MR) is 88.0 cm³/mol. The van der Waals surface area contributed by atoms with Gasteiger partial charge in [-0.1, -0.05) is 12.1 Å². The largest absolute Gasteiger partial charge is 0.480 e. The first kappa shape index (κ1) is 17.5. The van der Waals surface area contributed by atoms with Crippen molar-refractivity contribution in [1.82, 2.24) is 5.32 Å². The van der Waals surface area contributed by atoms with Crippen molar-refractivity contribution in [1.29, 1.82) is 0 Å². The van der Waals surface area contributed by atoms with Gasteiger partial charge in [0.25, 0.3) is 0 Å². The van der Waals surface area contributed by atoms with E-state index >= 15 is 0 Å². The summed E-state index contributed by atoms with van der Waals surface area (Å²) >= 11 is 0.